The first-order valence-electron chi connectivity index (χ1n) is 4.87. The minimum atomic E-state index is -0.527. The molecule has 3 nitrogen and oxygen atoms in total. The molecular weight excluding hydrogens is 168 g/mol. The van der Waals surface area contributed by atoms with Crippen LogP contribution in [0.5, 0.6) is 0 Å². The molecule has 1 rings (SSSR count). The van der Waals surface area contributed by atoms with Crippen LogP contribution >= 0.6 is 0 Å². The molecule has 3 unspecified atom stereocenters. The van der Waals surface area contributed by atoms with Crippen molar-refractivity contribution in [1.82, 2.24) is 0 Å². The van der Waals surface area contributed by atoms with E-state index in [0.717, 1.165) is 12.8 Å². The van der Waals surface area contributed by atoms with Gasteiger partial charge in [-0.15, -0.1) is 0 Å². The van der Waals surface area contributed by atoms with Crippen LogP contribution in [0.4, 0.5) is 4.79 Å². The van der Waals surface area contributed by atoms with Crippen LogP contribution in [0.3, 0.4) is 0 Å². The van der Waals surface area contributed by atoms with E-state index in [9.17, 15) is 4.79 Å². The van der Waals surface area contributed by atoms with E-state index < -0.39 is 6.16 Å². The van der Waals surface area contributed by atoms with E-state index in [-0.39, 0.29) is 11.7 Å². The summed E-state index contributed by atoms with van der Waals surface area (Å²) in [6.45, 7) is 7.84. The number of ether oxygens (including phenoxy) is 2. The van der Waals surface area contributed by atoms with Crippen LogP contribution in [-0.4, -0.2) is 17.9 Å². The second-order valence-electron chi connectivity index (χ2n) is 4.11. The summed E-state index contributed by atoms with van der Waals surface area (Å²) in [4.78, 5) is 11.2. The summed E-state index contributed by atoms with van der Waals surface area (Å²) in [5, 5.41) is 0. The van der Waals surface area contributed by atoms with Gasteiger partial charge in [0.15, 0.2) is 0 Å². The lowest BCUT2D eigenvalue weighted by atomic mass is 10.3. The van der Waals surface area contributed by atoms with Crippen LogP contribution < -0.4 is 0 Å². The first kappa shape index (κ1) is 10.4. The summed E-state index contributed by atoms with van der Waals surface area (Å²) in [5.74, 6) is 0.469. The van der Waals surface area contributed by atoms with E-state index in [2.05, 4.69) is 6.92 Å². The first-order chi connectivity index (χ1) is 5.98. The van der Waals surface area contributed by atoms with Crippen LogP contribution in [0.15, 0.2) is 0 Å². The van der Waals surface area contributed by atoms with Crippen LogP contribution in [0.2, 0.25) is 0 Å². The monoisotopic (exact) mass is 186 g/mol. The summed E-state index contributed by atoms with van der Waals surface area (Å²) in [6, 6.07) is 0. The molecule has 0 amide bonds. The van der Waals surface area contributed by atoms with Gasteiger partial charge in [0.05, 0.1) is 0 Å². The van der Waals surface area contributed by atoms with Crippen LogP contribution in [-0.2, 0) is 9.47 Å². The van der Waals surface area contributed by atoms with Gasteiger partial charge in [-0.3, -0.25) is 0 Å². The molecule has 0 saturated heterocycles. The molecular formula is C10H18O3. The SMILES string of the molecule is CCC(C)OC(=O)OC1(C)CC1C. The van der Waals surface area contributed by atoms with E-state index in [0.29, 0.717) is 5.92 Å². The second kappa shape index (κ2) is 3.56. The van der Waals surface area contributed by atoms with E-state index >= 15 is 0 Å². The zero-order valence-corrected chi connectivity index (χ0v) is 8.79. The van der Waals surface area contributed by atoms with Gasteiger partial charge in [0.25, 0.3) is 0 Å². The molecule has 1 aliphatic carbocycles. The summed E-state index contributed by atoms with van der Waals surface area (Å²) in [5.41, 5.74) is -0.259. The molecule has 0 spiro atoms. The van der Waals surface area contributed by atoms with Crippen LogP contribution in [0, 0.1) is 5.92 Å². The fourth-order valence-corrected chi connectivity index (χ4v) is 1.15. The fourth-order valence-electron chi connectivity index (χ4n) is 1.15. The molecule has 0 bridgehead atoms. The molecule has 0 N–H and O–H groups in total. The zero-order valence-electron chi connectivity index (χ0n) is 8.79. The third-order valence-electron chi connectivity index (χ3n) is 2.78. The highest BCUT2D eigenvalue weighted by molar-refractivity contribution is 5.61. The van der Waals surface area contributed by atoms with Crippen LogP contribution in [0.1, 0.15) is 40.5 Å². The minimum Gasteiger partial charge on any atom is -0.431 e. The Hall–Kier alpha value is -0.730. The molecule has 0 aromatic heterocycles. The highest BCUT2D eigenvalue weighted by atomic mass is 16.7. The van der Waals surface area contributed by atoms with Crippen molar-refractivity contribution in [3.63, 3.8) is 0 Å². The Kier molecular flexibility index (Phi) is 2.84. The number of hydrogen-bond acceptors (Lipinski definition) is 3. The fraction of sp³-hybridized carbons (Fsp3) is 0.900. The average molecular weight is 186 g/mol. The second-order valence-corrected chi connectivity index (χ2v) is 4.11. The maximum Gasteiger partial charge on any atom is 0.509 e. The van der Waals surface area contributed by atoms with Crippen molar-refractivity contribution < 1.29 is 14.3 Å². The molecule has 13 heavy (non-hydrogen) atoms. The maximum atomic E-state index is 11.2. The summed E-state index contributed by atoms with van der Waals surface area (Å²) in [7, 11) is 0. The van der Waals surface area contributed by atoms with Crippen molar-refractivity contribution in [3.8, 4) is 0 Å². The molecule has 76 valence electrons. The molecule has 0 aromatic rings. The Bertz CT molecular complexity index is 202. The quantitative estimate of drug-likeness (QED) is 0.636. The molecule has 3 atom stereocenters. The topological polar surface area (TPSA) is 35.5 Å². The van der Waals surface area contributed by atoms with Gasteiger partial charge >= 0.3 is 6.16 Å². The van der Waals surface area contributed by atoms with Crippen molar-refractivity contribution in [2.75, 3.05) is 0 Å². The van der Waals surface area contributed by atoms with Gasteiger partial charge in [0, 0.05) is 0 Å². The summed E-state index contributed by atoms with van der Waals surface area (Å²) in [6.07, 6.45) is 1.19. The Labute approximate surface area is 79.4 Å². The largest absolute Gasteiger partial charge is 0.509 e. The van der Waals surface area contributed by atoms with Crippen molar-refractivity contribution in [2.24, 2.45) is 5.92 Å². The van der Waals surface area contributed by atoms with Crippen molar-refractivity contribution >= 4 is 6.16 Å². The maximum absolute atomic E-state index is 11.2. The van der Waals surface area contributed by atoms with E-state index in [1.807, 2.05) is 20.8 Å². The Morgan fingerprint density at radius 3 is 2.62 bits per heavy atom. The molecule has 3 heteroatoms. The van der Waals surface area contributed by atoms with Crippen molar-refractivity contribution in [3.05, 3.63) is 0 Å². The molecule has 0 radical (unpaired) electrons. The van der Waals surface area contributed by atoms with Crippen molar-refractivity contribution in [2.45, 2.75) is 52.2 Å². The zero-order chi connectivity index (χ0) is 10.1. The lowest BCUT2D eigenvalue weighted by Gasteiger charge is -2.15. The average Bonchev–Trinajstić information content (AvgIpc) is 2.58. The normalized spacial score (nSPS) is 33.7. The number of carbonyl (C=O) groups excluding carboxylic acids is 1. The molecule has 0 aromatic carbocycles. The van der Waals surface area contributed by atoms with Gasteiger partial charge in [-0.1, -0.05) is 13.8 Å². The first-order valence-corrected chi connectivity index (χ1v) is 4.87. The molecule has 0 heterocycles. The Morgan fingerprint density at radius 2 is 2.23 bits per heavy atom. The Morgan fingerprint density at radius 1 is 1.69 bits per heavy atom. The number of rotatable bonds is 3. The molecule has 1 saturated carbocycles. The standard InChI is InChI=1S/C10H18O3/c1-5-8(3)12-9(11)13-10(4)6-7(10)2/h7-8H,5-6H2,1-4H3. The summed E-state index contributed by atoms with van der Waals surface area (Å²) >= 11 is 0. The molecule has 1 fully saturated rings. The summed E-state index contributed by atoms with van der Waals surface area (Å²) < 4.78 is 10.2. The third-order valence-corrected chi connectivity index (χ3v) is 2.78. The van der Waals surface area contributed by atoms with E-state index in [1.54, 1.807) is 0 Å². The third kappa shape index (κ3) is 2.61. The predicted molar refractivity (Wildman–Crippen MR) is 49.5 cm³/mol. The molecule has 1 aliphatic rings. The van der Waals surface area contributed by atoms with Gasteiger partial charge in [-0.25, -0.2) is 4.79 Å². The predicted octanol–water partition coefficient (Wildman–Crippen LogP) is 2.74. The number of carbonyl (C=O) groups is 1. The smallest absolute Gasteiger partial charge is 0.431 e. The highest BCUT2D eigenvalue weighted by Gasteiger charge is 2.51. The van der Waals surface area contributed by atoms with Gasteiger partial charge < -0.3 is 9.47 Å². The van der Waals surface area contributed by atoms with Gasteiger partial charge in [-0.05, 0) is 32.6 Å². The lowest BCUT2D eigenvalue weighted by Crippen LogP contribution is -2.22. The lowest BCUT2D eigenvalue weighted by molar-refractivity contribution is -0.00550. The number of hydrogen-bond donors (Lipinski definition) is 0. The van der Waals surface area contributed by atoms with Gasteiger partial charge in [-0.2, -0.15) is 0 Å². The van der Waals surface area contributed by atoms with Crippen molar-refractivity contribution in [1.29, 1.82) is 0 Å². The Balaban J connectivity index is 2.26. The van der Waals surface area contributed by atoms with Gasteiger partial charge in [0.1, 0.15) is 11.7 Å². The van der Waals surface area contributed by atoms with E-state index in [1.165, 1.54) is 0 Å². The van der Waals surface area contributed by atoms with Gasteiger partial charge in [0.2, 0.25) is 0 Å². The van der Waals surface area contributed by atoms with Crippen LogP contribution in [0.25, 0.3) is 0 Å². The minimum absolute atomic E-state index is 0.0508. The molecule has 0 aliphatic heterocycles. The van der Waals surface area contributed by atoms with E-state index in [4.69, 9.17) is 9.47 Å². The highest BCUT2D eigenvalue weighted by Crippen LogP contribution is 2.46.